The number of hydrogen-bond donors (Lipinski definition) is 2. The van der Waals surface area contributed by atoms with Crippen molar-refractivity contribution < 1.29 is 4.79 Å². The third kappa shape index (κ3) is 5.76. The molecular formula is C23H31N5O. The molecule has 0 spiro atoms. The van der Waals surface area contributed by atoms with E-state index in [2.05, 4.69) is 28.6 Å². The van der Waals surface area contributed by atoms with Gasteiger partial charge in [0.15, 0.2) is 5.82 Å². The number of benzene rings is 1. The van der Waals surface area contributed by atoms with Crippen LogP contribution in [-0.2, 0) is 24.2 Å². The van der Waals surface area contributed by atoms with Crippen LogP contribution in [0, 0.1) is 5.92 Å². The maximum absolute atomic E-state index is 12.6. The van der Waals surface area contributed by atoms with Crippen LogP contribution in [0.1, 0.15) is 61.8 Å². The van der Waals surface area contributed by atoms with Crippen LogP contribution in [0.3, 0.4) is 0 Å². The van der Waals surface area contributed by atoms with Gasteiger partial charge in [-0.25, -0.2) is 9.67 Å². The lowest BCUT2D eigenvalue weighted by atomic mass is 10.00. The van der Waals surface area contributed by atoms with Crippen LogP contribution < -0.4 is 11.1 Å². The second kappa shape index (κ2) is 9.35. The zero-order valence-electron chi connectivity index (χ0n) is 17.0. The first kappa shape index (κ1) is 19.8. The van der Waals surface area contributed by atoms with Gasteiger partial charge >= 0.3 is 0 Å². The minimum atomic E-state index is -0.285. The Morgan fingerprint density at radius 3 is 2.79 bits per heavy atom. The molecule has 0 bridgehead atoms. The molecule has 2 aliphatic carbocycles. The van der Waals surface area contributed by atoms with Gasteiger partial charge < -0.3 is 11.1 Å². The van der Waals surface area contributed by atoms with E-state index >= 15 is 0 Å². The van der Waals surface area contributed by atoms with Crippen LogP contribution in [0.2, 0.25) is 0 Å². The maximum atomic E-state index is 12.6. The Balaban J connectivity index is 1.42. The Labute approximate surface area is 172 Å². The van der Waals surface area contributed by atoms with Crippen molar-refractivity contribution >= 4 is 5.91 Å². The summed E-state index contributed by atoms with van der Waals surface area (Å²) < 4.78 is 1.72. The summed E-state index contributed by atoms with van der Waals surface area (Å²) in [5, 5.41) is 7.68. The predicted octanol–water partition coefficient (Wildman–Crippen LogP) is 3.09. The molecule has 0 saturated heterocycles. The highest BCUT2D eigenvalue weighted by atomic mass is 16.2. The molecule has 1 atom stereocenters. The van der Waals surface area contributed by atoms with Crippen LogP contribution in [0.4, 0.5) is 0 Å². The van der Waals surface area contributed by atoms with Gasteiger partial charge in [-0.2, -0.15) is 5.10 Å². The maximum Gasteiger partial charge on any atom is 0.242 e. The lowest BCUT2D eigenvalue weighted by Crippen LogP contribution is -2.31. The van der Waals surface area contributed by atoms with Crippen molar-refractivity contribution in [2.45, 2.75) is 64.0 Å². The van der Waals surface area contributed by atoms with Gasteiger partial charge in [0.05, 0.1) is 6.04 Å². The van der Waals surface area contributed by atoms with Gasteiger partial charge in [0, 0.05) is 13.0 Å². The number of carbonyl (C=O) groups excluding carboxylic acids is 1. The fourth-order valence-corrected chi connectivity index (χ4v) is 3.89. The second-order valence-corrected chi connectivity index (χ2v) is 8.37. The third-order valence-electron chi connectivity index (χ3n) is 5.73. The van der Waals surface area contributed by atoms with E-state index in [-0.39, 0.29) is 18.5 Å². The molecule has 154 valence electrons. The summed E-state index contributed by atoms with van der Waals surface area (Å²) in [5.74, 6) is 2.17. The molecule has 3 N–H and O–H groups in total. The van der Waals surface area contributed by atoms with Crippen molar-refractivity contribution in [1.29, 1.82) is 0 Å². The zero-order chi connectivity index (χ0) is 20.1. The molecule has 2 aliphatic rings. The number of hydrogen-bond acceptors (Lipinski definition) is 4. The molecule has 4 rings (SSSR count). The van der Waals surface area contributed by atoms with E-state index in [0.29, 0.717) is 24.7 Å². The molecule has 2 aromatic rings. The van der Waals surface area contributed by atoms with Crippen molar-refractivity contribution in [2.75, 3.05) is 6.54 Å². The summed E-state index contributed by atoms with van der Waals surface area (Å²) in [6.07, 6.45) is 11.0. The summed E-state index contributed by atoms with van der Waals surface area (Å²) >= 11 is 0. The standard InChI is InChI=1S/C23H31N5O/c24-20(13-17-7-3-1-4-8-17)23-26-21(14-18-11-12-18)27-28(23)16-22(29)25-15-19-9-5-2-6-10-19/h1,3-4,7-9,18,20H,2,5-6,10-16,24H2,(H,25,29). The molecule has 0 aliphatic heterocycles. The van der Waals surface area contributed by atoms with E-state index in [9.17, 15) is 4.79 Å². The topological polar surface area (TPSA) is 85.8 Å². The van der Waals surface area contributed by atoms with Gasteiger partial charge in [-0.1, -0.05) is 42.0 Å². The molecule has 1 unspecified atom stereocenters. The molecule has 1 aromatic carbocycles. The number of amides is 1. The van der Waals surface area contributed by atoms with Crippen LogP contribution in [-0.4, -0.2) is 27.2 Å². The Morgan fingerprint density at radius 2 is 2.07 bits per heavy atom. The van der Waals surface area contributed by atoms with E-state index < -0.39 is 0 Å². The molecule has 6 heteroatoms. The van der Waals surface area contributed by atoms with Gasteiger partial charge in [0.1, 0.15) is 12.4 Å². The van der Waals surface area contributed by atoms with Gasteiger partial charge in [-0.15, -0.1) is 0 Å². The molecule has 29 heavy (non-hydrogen) atoms. The van der Waals surface area contributed by atoms with E-state index in [1.165, 1.54) is 31.3 Å². The summed E-state index contributed by atoms with van der Waals surface area (Å²) in [6, 6.07) is 9.87. The summed E-state index contributed by atoms with van der Waals surface area (Å²) in [5.41, 5.74) is 8.98. The monoisotopic (exact) mass is 393 g/mol. The normalized spacial score (nSPS) is 17.6. The highest BCUT2D eigenvalue weighted by Gasteiger charge is 2.26. The quantitative estimate of drug-likeness (QED) is 0.641. The number of rotatable bonds is 9. The Bertz CT molecular complexity index is 853. The number of allylic oxidation sites excluding steroid dienone is 1. The largest absolute Gasteiger partial charge is 0.351 e. The fourth-order valence-electron chi connectivity index (χ4n) is 3.89. The molecule has 1 fully saturated rings. The van der Waals surface area contributed by atoms with E-state index in [1.807, 2.05) is 18.2 Å². The third-order valence-corrected chi connectivity index (χ3v) is 5.73. The average molecular weight is 394 g/mol. The van der Waals surface area contributed by atoms with Gasteiger partial charge in [-0.3, -0.25) is 4.79 Å². The van der Waals surface area contributed by atoms with Crippen molar-refractivity contribution in [3.63, 3.8) is 0 Å². The number of aromatic nitrogens is 3. The number of nitrogens with two attached hydrogens (primary N) is 1. The van der Waals surface area contributed by atoms with Crippen molar-refractivity contribution in [3.8, 4) is 0 Å². The fraction of sp³-hybridized carbons (Fsp3) is 0.522. The molecule has 0 radical (unpaired) electrons. The van der Waals surface area contributed by atoms with Crippen LogP contribution in [0.25, 0.3) is 0 Å². The van der Waals surface area contributed by atoms with Gasteiger partial charge in [0.25, 0.3) is 0 Å². The number of carbonyl (C=O) groups is 1. The molecule has 1 saturated carbocycles. The predicted molar refractivity (Wildman–Crippen MR) is 113 cm³/mol. The van der Waals surface area contributed by atoms with Gasteiger partial charge in [0.2, 0.25) is 5.91 Å². The molecule has 1 aromatic heterocycles. The number of nitrogens with one attached hydrogen (secondary N) is 1. The van der Waals surface area contributed by atoms with E-state index in [1.54, 1.807) is 4.68 Å². The Morgan fingerprint density at radius 1 is 1.24 bits per heavy atom. The summed E-state index contributed by atoms with van der Waals surface area (Å²) in [6.45, 7) is 0.802. The van der Waals surface area contributed by atoms with Gasteiger partial charge in [-0.05, 0) is 56.4 Å². The molecular weight excluding hydrogens is 362 g/mol. The first-order valence-electron chi connectivity index (χ1n) is 10.8. The highest BCUT2D eigenvalue weighted by Crippen LogP contribution is 2.32. The summed E-state index contributed by atoms with van der Waals surface area (Å²) in [7, 11) is 0. The van der Waals surface area contributed by atoms with Crippen molar-refractivity contribution in [1.82, 2.24) is 20.1 Å². The highest BCUT2D eigenvalue weighted by molar-refractivity contribution is 5.75. The molecule has 1 amide bonds. The Hall–Kier alpha value is -2.47. The lowest BCUT2D eigenvalue weighted by Gasteiger charge is -2.15. The average Bonchev–Trinajstić information content (AvgIpc) is 3.46. The van der Waals surface area contributed by atoms with Crippen LogP contribution >= 0.6 is 0 Å². The van der Waals surface area contributed by atoms with Crippen molar-refractivity contribution in [3.05, 3.63) is 59.2 Å². The zero-order valence-corrected chi connectivity index (χ0v) is 17.0. The van der Waals surface area contributed by atoms with E-state index in [4.69, 9.17) is 10.7 Å². The smallest absolute Gasteiger partial charge is 0.242 e. The molecule has 6 nitrogen and oxygen atoms in total. The van der Waals surface area contributed by atoms with Crippen LogP contribution in [0.5, 0.6) is 0 Å². The first-order chi connectivity index (χ1) is 14.2. The minimum Gasteiger partial charge on any atom is -0.351 e. The lowest BCUT2D eigenvalue weighted by molar-refractivity contribution is -0.121. The minimum absolute atomic E-state index is 0.0347. The van der Waals surface area contributed by atoms with Crippen molar-refractivity contribution in [2.24, 2.45) is 11.7 Å². The summed E-state index contributed by atoms with van der Waals surface area (Å²) in [4.78, 5) is 17.3. The SMILES string of the molecule is NC(Cc1ccccc1)c1nc(CC2CC2)nn1CC(=O)NCC1=CCCCC1. The van der Waals surface area contributed by atoms with E-state index in [0.717, 1.165) is 30.7 Å². The van der Waals surface area contributed by atoms with Crippen LogP contribution in [0.15, 0.2) is 42.0 Å². The second-order valence-electron chi connectivity index (χ2n) is 8.37. The molecule has 1 heterocycles. The number of nitrogens with zero attached hydrogens (tertiary/aromatic N) is 3. The Kier molecular flexibility index (Phi) is 6.39. The first-order valence-corrected chi connectivity index (χ1v) is 10.8.